The first kappa shape index (κ1) is 17.1. The summed E-state index contributed by atoms with van der Waals surface area (Å²) in [4.78, 5) is 21.1. The summed E-state index contributed by atoms with van der Waals surface area (Å²) in [5, 5.41) is 19.9. The smallest absolute Gasteiger partial charge is 0.311 e. The summed E-state index contributed by atoms with van der Waals surface area (Å²) in [6.07, 6.45) is -0.0736. The Hall–Kier alpha value is -1.86. The summed E-state index contributed by atoms with van der Waals surface area (Å²) in [5.74, 6) is -0.909. The van der Waals surface area contributed by atoms with Crippen molar-refractivity contribution in [1.82, 2.24) is 0 Å². The van der Waals surface area contributed by atoms with Crippen LogP contribution in [0.2, 0.25) is 0 Å². The number of nitrogens with two attached hydrogens (primary N) is 1. The quantitative estimate of drug-likeness (QED) is 0.484. The van der Waals surface area contributed by atoms with Gasteiger partial charge in [0.2, 0.25) is 0 Å². The fraction of sp³-hybridized carbons (Fsp3) is 0.364. The summed E-state index contributed by atoms with van der Waals surface area (Å²) < 4.78 is 4.73. The summed E-state index contributed by atoms with van der Waals surface area (Å²) in [6, 6.07) is 3.06. The first-order valence-corrected chi connectivity index (χ1v) is 5.34. The molecule has 0 aliphatic rings. The van der Waals surface area contributed by atoms with Gasteiger partial charge in [-0.25, -0.2) is 0 Å². The molecular formula is C11H15ClN2O5. The lowest BCUT2D eigenvalue weighted by molar-refractivity contribution is -0.385. The number of phenols is 1. The third-order valence-electron chi connectivity index (χ3n) is 2.32. The van der Waals surface area contributed by atoms with Crippen LogP contribution in [0.15, 0.2) is 18.2 Å². The summed E-state index contributed by atoms with van der Waals surface area (Å²) in [7, 11) is 0. The van der Waals surface area contributed by atoms with Crippen LogP contribution in [0.5, 0.6) is 5.75 Å². The van der Waals surface area contributed by atoms with Crippen molar-refractivity contribution in [2.24, 2.45) is 5.73 Å². The Morgan fingerprint density at radius 3 is 2.74 bits per heavy atom. The number of carbonyl (C=O) groups is 1. The Morgan fingerprint density at radius 1 is 1.58 bits per heavy atom. The molecule has 1 aromatic rings. The average molecular weight is 291 g/mol. The predicted molar refractivity (Wildman–Crippen MR) is 70.2 cm³/mol. The van der Waals surface area contributed by atoms with Gasteiger partial charge < -0.3 is 15.6 Å². The second-order valence-corrected chi connectivity index (χ2v) is 3.62. The van der Waals surface area contributed by atoms with Crippen molar-refractivity contribution in [3.63, 3.8) is 0 Å². The van der Waals surface area contributed by atoms with E-state index in [9.17, 15) is 20.0 Å². The van der Waals surface area contributed by atoms with E-state index in [-0.39, 0.29) is 25.4 Å². The SMILES string of the molecule is CCOC(=O)C[C@@H](N)c1ccc(O)c([N+](=O)[O-])c1.Cl. The topological polar surface area (TPSA) is 116 Å². The molecule has 0 aromatic heterocycles. The third-order valence-corrected chi connectivity index (χ3v) is 2.32. The molecule has 0 saturated carbocycles. The molecule has 0 amide bonds. The van der Waals surface area contributed by atoms with Crippen molar-refractivity contribution in [3.8, 4) is 5.75 Å². The van der Waals surface area contributed by atoms with Crippen LogP contribution >= 0.6 is 12.4 Å². The van der Waals surface area contributed by atoms with Gasteiger partial charge in [-0.15, -0.1) is 12.4 Å². The van der Waals surface area contributed by atoms with E-state index in [1.54, 1.807) is 6.92 Å². The Labute approximate surface area is 115 Å². The van der Waals surface area contributed by atoms with Crippen molar-refractivity contribution in [3.05, 3.63) is 33.9 Å². The minimum Gasteiger partial charge on any atom is -0.502 e. The molecule has 106 valence electrons. The number of hydrogen-bond donors (Lipinski definition) is 2. The van der Waals surface area contributed by atoms with Gasteiger partial charge in [-0.1, -0.05) is 6.07 Å². The molecule has 0 unspecified atom stereocenters. The first-order chi connectivity index (χ1) is 8.45. The molecule has 8 heteroatoms. The molecule has 0 spiro atoms. The largest absolute Gasteiger partial charge is 0.502 e. The van der Waals surface area contributed by atoms with E-state index in [4.69, 9.17) is 10.5 Å². The van der Waals surface area contributed by atoms with Crippen molar-refractivity contribution < 1.29 is 19.6 Å². The molecule has 1 aromatic carbocycles. The molecule has 0 fully saturated rings. The second kappa shape index (κ2) is 7.55. The highest BCUT2D eigenvalue weighted by Crippen LogP contribution is 2.29. The maximum atomic E-state index is 11.2. The molecule has 0 bridgehead atoms. The van der Waals surface area contributed by atoms with E-state index in [0.29, 0.717) is 5.56 Å². The lowest BCUT2D eigenvalue weighted by atomic mass is 10.0. The Balaban J connectivity index is 0.00000324. The highest BCUT2D eigenvalue weighted by Gasteiger charge is 2.18. The van der Waals surface area contributed by atoms with Crippen LogP contribution in [-0.4, -0.2) is 22.6 Å². The van der Waals surface area contributed by atoms with Crippen LogP contribution in [0.3, 0.4) is 0 Å². The monoisotopic (exact) mass is 290 g/mol. The number of rotatable bonds is 5. The predicted octanol–water partition coefficient (Wildman–Crippen LogP) is 1.68. The maximum Gasteiger partial charge on any atom is 0.311 e. The fourth-order valence-corrected chi connectivity index (χ4v) is 1.43. The van der Waals surface area contributed by atoms with E-state index >= 15 is 0 Å². The maximum absolute atomic E-state index is 11.2. The summed E-state index contributed by atoms with van der Waals surface area (Å²) in [5.41, 5.74) is 5.70. The standard InChI is InChI=1S/C11H14N2O5.ClH/c1-2-18-11(15)6-8(12)7-3-4-10(14)9(5-7)13(16)17;/h3-5,8,14H,2,6,12H2,1H3;1H/t8-;/m1./s1. The number of hydrogen-bond acceptors (Lipinski definition) is 6. The van der Waals surface area contributed by atoms with E-state index in [1.165, 1.54) is 12.1 Å². The molecular weight excluding hydrogens is 276 g/mol. The number of nitrogens with zero attached hydrogens (tertiary/aromatic N) is 1. The van der Waals surface area contributed by atoms with Crippen LogP contribution in [0, 0.1) is 10.1 Å². The molecule has 19 heavy (non-hydrogen) atoms. The molecule has 3 N–H and O–H groups in total. The second-order valence-electron chi connectivity index (χ2n) is 3.62. The number of benzene rings is 1. The molecule has 0 aliphatic carbocycles. The zero-order valence-corrected chi connectivity index (χ0v) is 11.1. The molecule has 0 aliphatic heterocycles. The van der Waals surface area contributed by atoms with Crippen LogP contribution in [0.1, 0.15) is 24.9 Å². The number of nitro benzene ring substituents is 1. The molecule has 0 radical (unpaired) electrons. The Morgan fingerprint density at radius 2 is 2.21 bits per heavy atom. The van der Waals surface area contributed by atoms with Gasteiger partial charge in [-0.2, -0.15) is 0 Å². The lowest BCUT2D eigenvalue weighted by Crippen LogP contribution is -2.17. The zero-order chi connectivity index (χ0) is 13.7. The van der Waals surface area contributed by atoms with Crippen molar-refractivity contribution >= 4 is 24.1 Å². The van der Waals surface area contributed by atoms with Crippen LogP contribution < -0.4 is 5.73 Å². The average Bonchev–Trinajstić information content (AvgIpc) is 2.29. The molecule has 1 rings (SSSR count). The van der Waals surface area contributed by atoms with Gasteiger partial charge in [-0.3, -0.25) is 14.9 Å². The molecule has 0 saturated heterocycles. The Bertz CT molecular complexity index is 466. The van der Waals surface area contributed by atoms with E-state index in [1.807, 2.05) is 0 Å². The molecule has 0 heterocycles. The first-order valence-electron chi connectivity index (χ1n) is 5.34. The van der Waals surface area contributed by atoms with Crippen LogP contribution in [0.4, 0.5) is 5.69 Å². The van der Waals surface area contributed by atoms with Gasteiger partial charge in [0, 0.05) is 12.1 Å². The van der Waals surface area contributed by atoms with Crippen molar-refractivity contribution in [2.45, 2.75) is 19.4 Å². The van der Waals surface area contributed by atoms with Crippen LogP contribution in [0.25, 0.3) is 0 Å². The number of phenolic OH excluding ortho intramolecular Hbond substituents is 1. The third kappa shape index (κ3) is 4.72. The van der Waals surface area contributed by atoms with Crippen molar-refractivity contribution in [2.75, 3.05) is 6.61 Å². The molecule has 1 atom stereocenters. The van der Waals surface area contributed by atoms with Crippen LogP contribution in [-0.2, 0) is 9.53 Å². The van der Waals surface area contributed by atoms with E-state index in [0.717, 1.165) is 6.07 Å². The fourth-order valence-electron chi connectivity index (χ4n) is 1.43. The Kier molecular flexibility index (Phi) is 6.81. The minimum absolute atomic E-state index is 0. The summed E-state index contributed by atoms with van der Waals surface area (Å²) >= 11 is 0. The van der Waals surface area contributed by atoms with Gasteiger partial charge in [0.15, 0.2) is 5.75 Å². The van der Waals surface area contributed by atoms with Gasteiger partial charge in [-0.05, 0) is 18.6 Å². The zero-order valence-electron chi connectivity index (χ0n) is 10.2. The number of halogens is 1. The van der Waals surface area contributed by atoms with Gasteiger partial charge >= 0.3 is 11.7 Å². The highest BCUT2D eigenvalue weighted by atomic mass is 35.5. The van der Waals surface area contributed by atoms with E-state index < -0.39 is 28.4 Å². The number of ether oxygens (including phenoxy) is 1. The number of nitro groups is 1. The van der Waals surface area contributed by atoms with Gasteiger partial charge in [0.1, 0.15) is 0 Å². The minimum atomic E-state index is -0.712. The molecule has 7 nitrogen and oxygen atoms in total. The van der Waals surface area contributed by atoms with Gasteiger partial charge in [0.05, 0.1) is 18.0 Å². The van der Waals surface area contributed by atoms with Crippen molar-refractivity contribution in [1.29, 1.82) is 0 Å². The number of aromatic hydroxyl groups is 1. The number of carbonyl (C=O) groups excluding carboxylic acids is 1. The van der Waals surface area contributed by atoms with Gasteiger partial charge in [0.25, 0.3) is 0 Å². The lowest BCUT2D eigenvalue weighted by Gasteiger charge is -2.11. The normalized spacial score (nSPS) is 11.3. The van der Waals surface area contributed by atoms with E-state index in [2.05, 4.69) is 0 Å². The summed E-state index contributed by atoms with van der Waals surface area (Å²) in [6.45, 7) is 1.93. The number of esters is 1. The highest BCUT2D eigenvalue weighted by molar-refractivity contribution is 5.85.